The van der Waals surface area contributed by atoms with Gasteiger partial charge in [0.25, 0.3) is 0 Å². The number of methoxy groups -OCH3 is 1. The number of fused-ring (bicyclic) bond motifs is 1. The average Bonchev–Trinajstić information content (AvgIpc) is 3.23. The van der Waals surface area contributed by atoms with Gasteiger partial charge in [-0.2, -0.15) is 0 Å². The molecular weight excluding hydrogens is 356 g/mol. The number of aliphatic carboxylic acids is 1. The van der Waals surface area contributed by atoms with E-state index in [9.17, 15) is 9.90 Å². The Morgan fingerprint density at radius 3 is 2.71 bits per heavy atom. The molecule has 0 aromatic carbocycles. The highest BCUT2D eigenvalue weighted by Crippen LogP contribution is 2.44. The topological polar surface area (TPSA) is 69.1 Å². The van der Waals surface area contributed by atoms with Crippen LogP contribution in [0.2, 0.25) is 0 Å². The molecule has 4 heterocycles. The summed E-state index contributed by atoms with van der Waals surface area (Å²) in [6, 6.07) is 6.59. The second-order valence-corrected chi connectivity index (χ2v) is 8.64. The Balaban J connectivity index is 1.32. The number of hydrogen-bond acceptors (Lipinski definition) is 6. The van der Waals surface area contributed by atoms with Crippen LogP contribution in [-0.2, 0) is 16.1 Å². The summed E-state index contributed by atoms with van der Waals surface area (Å²) in [4.78, 5) is 23.9. The third-order valence-corrected chi connectivity index (χ3v) is 6.93. The van der Waals surface area contributed by atoms with Gasteiger partial charge in [-0.05, 0) is 25.0 Å². The summed E-state index contributed by atoms with van der Waals surface area (Å²) >= 11 is 0. The maximum Gasteiger partial charge on any atom is 0.312 e. The highest BCUT2D eigenvalue weighted by molar-refractivity contribution is 5.77. The van der Waals surface area contributed by atoms with E-state index in [1.165, 1.54) is 0 Å². The van der Waals surface area contributed by atoms with E-state index in [1.807, 2.05) is 18.3 Å². The van der Waals surface area contributed by atoms with Crippen LogP contribution in [-0.4, -0.2) is 96.3 Å². The third-order valence-electron chi connectivity index (χ3n) is 6.93. The Labute approximate surface area is 167 Å². The van der Waals surface area contributed by atoms with Crippen molar-refractivity contribution in [2.45, 2.75) is 25.4 Å². The molecule has 28 heavy (non-hydrogen) atoms. The number of piperidine rings is 1. The number of nitrogens with zero attached hydrogens (tertiary/aromatic N) is 4. The average molecular weight is 389 g/mol. The first kappa shape index (κ1) is 19.8. The molecule has 2 atom stereocenters. The summed E-state index contributed by atoms with van der Waals surface area (Å²) in [5.74, 6) is -0.388. The summed E-state index contributed by atoms with van der Waals surface area (Å²) in [5.41, 5.74) is 0.524. The van der Waals surface area contributed by atoms with Gasteiger partial charge in [-0.25, -0.2) is 0 Å². The maximum atomic E-state index is 12.2. The minimum Gasteiger partial charge on any atom is -0.481 e. The largest absolute Gasteiger partial charge is 0.481 e. The van der Waals surface area contributed by atoms with Gasteiger partial charge in [0.15, 0.2) is 0 Å². The van der Waals surface area contributed by atoms with Crippen LogP contribution in [0.3, 0.4) is 0 Å². The lowest BCUT2D eigenvalue weighted by molar-refractivity contribution is -0.149. The van der Waals surface area contributed by atoms with Crippen LogP contribution in [0.5, 0.6) is 0 Å². The molecule has 3 aliphatic heterocycles. The molecule has 0 saturated carbocycles. The van der Waals surface area contributed by atoms with Gasteiger partial charge in [0.1, 0.15) is 0 Å². The van der Waals surface area contributed by atoms with Crippen molar-refractivity contribution in [2.24, 2.45) is 11.3 Å². The second kappa shape index (κ2) is 8.45. The number of carbonyl (C=O) groups is 1. The molecule has 0 radical (unpaired) electrons. The van der Waals surface area contributed by atoms with E-state index in [2.05, 4.69) is 25.8 Å². The van der Waals surface area contributed by atoms with Crippen molar-refractivity contribution >= 4 is 5.97 Å². The number of rotatable bonds is 7. The molecule has 4 rings (SSSR count). The van der Waals surface area contributed by atoms with Crippen molar-refractivity contribution in [1.82, 2.24) is 19.7 Å². The van der Waals surface area contributed by atoms with E-state index >= 15 is 0 Å². The minimum atomic E-state index is -0.618. The highest BCUT2D eigenvalue weighted by Gasteiger charge is 2.58. The lowest BCUT2D eigenvalue weighted by atomic mass is 9.81. The monoisotopic (exact) mass is 388 g/mol. The van der Waals surface area contributed by atoms with Gasteiger partial charge in [0, 0.05) is 77.6 Å². The van der Waals surface area contributed by atoms with E-state index in [0.29, 0.717) is 25.7 Å². The van der Waals surface area contributed by atoms with Crippen molar-refractivity contribution in [2.75, 3.05) is 59.5 Å². The smallest absolute Gasteiger partial charge is 0.312 e. The molecule has 154 valence electrons. The van der Waals surface area contributed by atoms with Crippen LogP contribution in [0.4, 0.5) is 0 Å². The molecular formula is C21H32N4O3. The Hall–Kier alpha value is -1.54. The zero-order valence-electron chi connectivity index (χ0n) is 16.8. The molecule has 3 aliphatic rings. The Morgan fingerprint density at radius 1 is 1.25 bits per heavy atom. The number of ether oxygens (including phenoxy) is 1. The molecule has 3 saturated heterocycles. The first-order valence-corrected chi connectivity index (χ1v) is 10.4. The predicted molar refractivity (Wildman–Crippen MR) is 106 cm³/mol. The summed E-state index contributed by atoms with van der Waals surface area (Å²) in [7, 11) is 1.70. The molecule has 0 aliphatic carbocycles. The first-order chi connectivity index (χ1) is 13.6. The van der Waals surface area contributed by atoms with E-state index in [-0.39, 0.29) is 5.92 Å². The fourth-order valence-corrected chi connectivity index (χ4v) is 5.34. The third kappa shape index (κ3) is 3.94. The number of likely N-dealkylation sites (tertiary alicyclic amines) is 3. The molecule has 1 aromatic heterocycles. The molecule has 7 heteroatoms. The van der Waals surface area contributed by atoms with Gasteiger partial charge < -0.3 is 9.84 Å². The van der Waals surface area contributed by atoms with Crippen molar-refractivity contribution < 1.29 is 14.6 Å². The second-order valence-electron chi connectivity index (χ2n) is 8.64. The highest BCUT2D eigenvalue weighted by atomic mass is 16.5. The summed E-state index contributed by atoms with van der Waals surface area (Å²) in [6.45, 7) is 7.67. The fraction of sp³-hybridized carbons (Fsp3) is 0.714. The van der Waals surface area contributed by atoms with Crippen LogP contribution in [0.15, 0.2) is 24.4 Å². The Morgan fingerprint density at radius 2 is 2.07 bits per heavy atom. The number of carboxylic acids is 1. The van der Waals surface area contributed by atoms with Crippen LogP contribution < -0.4 is 0 Å². The first-order valence-electron chi connectivity index (χ1n) is 10.4. The van der Waals surface area contributed by atoms with Gasteiger partial charge in [0.05, 0.1) is 17.7 Å². The Bertz CT molecular complexity index is 665. The summed E-state index contributed by atoms with van der Waals surface area (Å²) in [6.07, 6.45) is 4.08. The van der Waals surface area contributed by atoms with Crippen LogP contribution in [0.1, 0.15) is 18.5 Å². The van der Waals surface area contributed by atoms with Crippen molar-refractivity contribution in [3.05, 3.63) is 30.1 Å². The van der Waals surface area contributed by atoms with Gasteiger partial charge in [0.2, 0.25) is 0 Å². The van der Waals surface area contributed by atoms with E-state index in [0.717, 1.165) is 57.8 Å². The molecule has 3 fully saturated rings. The van der Waals surface area contributed by atoms with Crippen molar-refractivity contribution in [3.63, 3.8) is 0 Å². The minimum absolute atomic E-state index is 0.230. The molecule has 0 spiro atoms. The lowest BCUT2D eigenvalue weighted by Crippen LogP contribution is -2.47. The summed E-state index contributed by atoms with van der Waals surface area (Å²) in [5, 5.41) is 10.0. The van der Waals surface area contributed by atoms with E-state index in [1.54, 1.807) is 7.11 Å². The van der Waals surface area contributed by atoms with Crippen LogP contribution >= 0.6 is 0 Å². The zero-order chi connectivity index (χ0) is 19.6. The zero-order valence-corrected chi connectivity index (χ0v) is 16.8. The van der Waals surface area contributed by atoms with Crippen molar-refractivity contribution in [3.8, 4) is 0 Å². The fourth-order valence-electron chi connectivity index (χ4n) is 5.34. The molecule has 1 N–H and O–H groups in total. The predicted octanol–water partition coefficient (Wildman–Crippen LogP) is 1.01. The SMILES string of the molecule is COCCN1C[C@H]2CN(C3CCN(Cc4ccccn4)CC3)C[C@@]2(C(=O)O)C1. The quantitative estimate of drug-likeness (QED) is 0.748. The van der Waals surface area contributed by atoms with E-state index in [4.69, 9.17) is 4.74 Å². The van der Waals surface area contributed by atoms with Gasteiger partial charge in [-0.15, -0.1) is 0 Å². The molecule has 7 nitrogen and oxygen atoms in total. The standard InChI is InChI=1S/C21H32N4O3/c1-28-11-10-24-12-17-13-25(16-21(17,15-24)20(26)27)19-5-8-23(9-6-19)14-18-4-2-3-7-22-18/h2-4,7,17,19H,5-6,8-16H2,1H3,(H,26,27)/t17-,21-/m0/s1. The number of aromatic nitrogens is 1. The van der Waals surface area contributed by atoms with Crippen LogP contribution in [0, 0.1) is 11.3 Å². The maximum absolute atomic E-state index is 12.2. The molecule has 0 bridgehead atoms. The number of hydrogen-bond donors (Lipinski definition) is 1. The molecule has 0 amide bonds. The van der Waals surface area contributed by atoms with Gasteiger partial charge in [-0.3, -0.25) is 24.5 Å². The molecule has 1 aromatic rings. The Kier molecular flexibility index (Phi) is 5.96. The van der Waals surface area contributed by atoms with E-state index < -0.39 is 11.4 Å². The number of carboxylic acid groups (broad SMARTS) is 1. The number of pyridine rings is 1. The van der Waals surface area contributed by atoms with Gasteiger partial charge >= 0.3 is 5.97 Å². The van der Waals surface area contributed by atoms with Gasteiger partial charge in [-0.1, -0.05) is 6.07 Å². The summed E-state index contributed by atoms with van der Waals surface area (Å²) < 4.78 is 5.18. The normalized spacial score (nSPS) is 30.0. The van der Waals surface area contributed by atoms with Crippen LogP contribution in [0.25, 0.3) is 0 Å². The molecule has 0 unspecified atom stereocenters. The van der Waals surface area contributed by atoms with Crippen molar-refractivity contribution in [1.29, 1.82) is 0 Å². The lowest BCUT2D eigenvalue weighted by Gasteiger charge is -2.37.